The van der Waals surface area contributed by atoms with Gasteiger partial charge in [0.1, 0.15) is 9.71 Å². The van der Waals surface area contributed by atoms with Gasteiger partial charge in [-0.2, -0.15) is 0 Å². The van der Waals surface area contributed by atoms with Crippen LogP contribution in [0.4, 0.5) is 11.4 Å². The third-order valence-corrected chi connectivity index (χ3v) is 6.43. The van der Waals surface area contributed by atoms with Crippen molar-refractivity contribution in [3.8, 4) is 11.3 Å². The van der Waals surface area contributed by atoms with E-state index in [1.165, 1.54) is 23.1 Å². The van der Waals surface area contributed by atoms with E-state index in [-0.39, 0.29) is 11.8 Å². The summed E-state index contributed by atoms with van der Waals surface area (Å²) >= 11 is 2.65. The Balaban J connectivity index is 1.77. The van der Waals surface area contributed by atoms with Crippen molar-refractivity contribution < 1.29 is 9.59 Å². The molecule has 0 bridgehead atoms. The maximum atomic E-state index is 12.9. The molecule has 0 aliphatic heterocycles. The number of nitrogens with one attached hydrogen (secondary N) is 2. The Morgan fingerprint density at radius 2 is 1.79 bits per heavy atom. The molecule has 0 aliphatic carbocycles. The minimum absolute atomic E-state index is 0.242. The van der Waals surface area contributed by atoms with Crippen molar-refractivity contribution >= 4 is 56.5 Å². The van der Waals surface area contributed by atoms with Gasteiger partial charge in [0.2, 0.25) is 0 Å². The maximum absolute atomic E-state index is 12.9. The van der Waals surface area contributed by atoms with Crippen molar-refractivity contribution in [1.29, 1.82) is 0 Å². The number of pyridine rings is 1. The van der Waals surface area contributed by atoms with Gasteiger partial charge in [-0.3, -0.25) is 14.6 Å². The molecule has 34 heavy (non-hydrogen) atoms. The molecule has 0 fully saturated rings. The third kappa shape index (κ3) is 5.02. The van der Waals surface area contributed by atoms with Crippen LogP contribution >= 0.6 is 23.1 Å². The fraction of sp³-hybridized carbons (Fsp3) is 0.208. The number of benzene rings is 1. The van der Waals surface area contributed by atoms with E-state index >= 15 is 0 Å². The number of nitrogen functional groups attached to an aromatic ring is 1. The number of nitrogens with zero attached hydrogens (tertiary/aromatic N) is 3. The fourth-order valence-corrected chi connectivity index (χ4v) is 4.73. The molecule has 0 aliphatic rings. The van der Waals surface area contributed by atoms with Crippen LogP contribution in [0.5, 0.6) is 0 Å². The van der Waals surface area contributed by atoms with Crippen molar-refractivity contribution in [2.75, 3.05) is 17.3 Å². The molecule has 8 nitrogen and oxygen atoms in total. The minimum Gasteiger partial charge on any atom is -0.397 e. The van der Waals surface area contributed by atoms with Crippen LogP contribution in [0.2, 0.25) is 0 Å². The van der Waals surface area contributed by atoms with Crippen LogP contribution < -0.4 is 16.4 Å². The number of hydrogen-bond acceptors (Lipinski definition) is 8. The normalized spacial score (nSPS) is 11.4. The first-order valence-electron chi connectivity index (χ1n) is 10.4. The monoisotopic (exact) mass is 492 g/mol. The molecule has 10 heteroatoms. The number of hydrogen-bond donors (Lipinski definition) is 3. The number of thiophene rings is 1. The number of carbonyl (C=O) groups is 2. The Morgan fingerprint density at radius 3 is 2.47 bits per heavy atom. The fourth-order valence-electron chi connectivity index (χ4n) is 3.32. The van der Waals surface area contributed by atoms with Gasteiger partial charge >= 0.3 is 0 Å². The molecule has 1 aromatic carbocycles. The third-order valence-electron chi connectivity index (χ3n) is 4.78. The maximum Gasteiger partial charge on any atom is 0.263 e. The largest absolute Gasteiger partial charge is 0.397 e. The lowest BCUT2D eigenvalue weighted by Crippen LogP contribution is -2.40. The highest BCUT2D eigenvalue weighted by atomic mass is 32.2. The van der Waals surface area contributed by atoms with E-state index in [2.05, 4.69) is 20.6 Å². The van der Waals surface area contributed by atoms with E-state index in [9.17, 15) is 9.59 Å². The Morgan fingerprint density at radius 1 is 1.06 bits per heavy atom. The molecule has 0 saturated heterocycles. The number of thioether (sulfide) groups is 1. The molecule has 3 aromatic heterocycles. The average Bonchev–Trinajstić information content (AvgIpc) is 3.14. The zero-order valence-electron chi connectivity index (χ0n) is 19.2. The quantitative estimate of drug-likeness (QED) is 0.269. The second kappa shape index (κ2) is 9.40. The Labute approximate surface area is 205 Å². The lowest BCUT2D eigenvalue weighted by atomic mass is 10.1. The summed E-state index contributed by atoms with van der Waals surface area (Å²) in [6.45, 7) is 5.74. The van der Waals surface area contributed by atoms with Crippen molar-refractivity contribution in [2.24, 2.45) is 0 Å². The molecule has 0 atom stereocenters. The first kappa shape index (κ1) is 23.7. The van der Waals surface area contributed by atoms with Gasteiger partial charge in [0.05, 0.1) is 16.8 Å². The summed E-state index contributed by atoms with van der Waals surface area (Å²) < 4.78 is 0. The average molecular weight is 493 g/mol. The summed E-state index contributed by atoms with van der Waals surface area (Å²) in [7, 11) is 0. The van der Waals surface area contributed by atoms with E-state index in [1.54, 1.807) is 30.6 Å². The second-order valence-electron chi connectivity index (χ2n) is 8.56. The Bertz CT molecular complexity index is 1380. The lowest BCUT2D eigenvalue weighted by molar-refractivity contribution is 0.0924. The van der Waals surface area contributed by atoms with Gasteiger partial charge in [0.25, 0.3) is 11.8 Å². The molecule has 4 aromatic rings. The zero-order valence-corrected chi connectivity index (χ0v) is 20.8. The van der Waals surface area contributed by atoms with Crippen LogP contribution in [0.25, 0.3) is 21.5 Å². The van der Waals surface area contributed by atoms with Gasteiger partial charge in [-0.1, -0.05) is 23.9 Å². The number of carbonyl (C=O) groups excluding carboxylic acids is 2. The summed E-state index contributed by atoms with van der Waals surface area (Å²) in [5.74, 6) is -0.489. The van der Waals surface area contributed by atoms with Crippen LogP contribution in [-0.2, 0) is 0 Å². The summed E-state index contributed by atoms with van der Waals surface area (Å²) in [5.41, 5.74) is 8.89. The first-order valence-corrected chi connectivity index (χ1v) is 12.5. The Hall–Kier alpha value is -3.50. The van der Waals surface area contributed by atoms with Gasteiger partial charge in [0, 0.05) is 34.7 Å². The molecule has 0 unspecified atom stereocenters. The molecule has 2 amide bonds. The van der Waals surface area contributed by atoms with E-state index in [0.717, 1.165) is 5.56 Å². The van der Waals surface area contributed by atoms with Crippen LogP contribution in [0.15, 0.2) is 53.9 Å². The highest BCUT2D eigenvalue weighted by molar-refractivity contribution is 7.98. The molecular weight excluding hydrogens is 468 g/mol. The van der Waals surface area contributed by atoms with Gasteiger partial charge in [0.15, 0.2) is 5.16 Å². The topological polar surface area (TPSA) is 123 Å². The van der Waals surface area contributed by atoms with Gasteiger partial charge in [-0.05, 0) is 51.3 Å². The number of aromatic nitrogens is 3. The highest BCUT2D eigenvalue weighted by Gasteiger charge is 2.24. The molecule has 0 saturated carbocycles. The number of amides is 2. The van der Waals surface area contributed by atoms with E-state index < -0.39 is 5.54 Å². The van der Waals surface area contributed by atoms with E-state index in [0.29, 0.717) is 42.9 Å². The lowest BCUT2D eigenvalue weighted by Gasteiger charge is -2.20. The predicted molar refractivity (Wildman–Crippen MR) is 138 cm³/mol. The number of anilines is 2. The molecule has 0 spiro atoms. The molecule has 4 rings (SSSR count). The Kier molecular flexibility index (Phi) is 6.54. The number of fused-ring (bicyclic) bond motifs is 1. The SMILES string of the molecule is CSc1nc(-c2cccc(NC(=O)c3ccncc3)c2)c2c(N)c(C(=O)NC(C)(C)C)sc2n1. The number of rotatable bonds is 5. The smallest absolute Gasteiger partial charge is 0.263 e. The molecule has 0 radical (unpaired) electrons. The zero-order chi connectivity index (χ0) is 24.5. The molecule has 174 valence electrons. The summed E-state index contributed by atoms with van der Waals surface area (Å²) in [4.78, 5) is 39.7. The van der Waals surface area contributed by atoms with Crippen LogP contribution in [0.1, 0.15) is 40.8 Å². The summed E-state index contributed by atoms with van der Waals surface area (Å²) in [5, 5.41) is 7.05. The molecular formula is C24H24N6O2S2. The number of nitrogens with two attached hydrogens (primary N) is 1. The second-order valence-corrected chi connectivity index (χ2v) is 10.3. The van der Waals surface area contributed by atoms with E-state index in [4.69, 9.17) is 10.7 Å². The first-order chi connectivity index (χ1) is 16.2. The molecule has 4 N–H and O–H groups in total. The summed E-state index contributed by atoms with van der Waals surface area (Å²) in [6.07, 6.45) is 5.03. The van der Waals surface area contributed by atoms with Crippen LogP contribution in [-0.4, -0.2) is 38.6 Å². The van der Waals surface area contributed by atoms with Gasteiger partial charge in [-0.25, -0.2) is 9.97 Å². The minimum atomic E-state index is -0.403. The van der Waals surface area contributed by atoms with Crippen molar-refractivity contribution in [1.82, 2.24) is 20.3 Å². The highest BCUT2D eigenvalue weighted by Crippen LogP contribution is 2.40. The van der Waals surface area contributed by atoms with Crippen LogP contribution in [0.3, 0.4) is 0 Å². The molecule has 3 heterocycles. The van der Waals surface area contributed by atoms with Crippen LogP contribution in [0, 0.1) is 0 Å². The van der Waals surface area contributed by atoms with Crippen molar-refractivity contribution in [3.05, 3.63) is 59.2 Å². The summed E-state index contributed by atoms with van der Waals surface area (Å²) in [6, 6.07) is 10.6. The van der Waals surface area contributed by atoms with Crippen molar-refractivity contribution in [3.63, 3.8) is 0 Å². The standard InChI is InChI=1S/C24H24N6O2S2/c1-24(2,3)30-21(32)19-17(25)16-18(28-23(33-4)29-22(16)34-19)14-6-5-7-15(12-14)27-20(31)13-8-10-26-11-9-13/h5-12H,25H2,1-4H3,(H,27,31)(H,30,32). The predicted octanol–water partition coefficient (Wildman–Crippen LogP) is 4.84. The van der Waals surface area contributed by atoms with E-state index in [1.807, 2.05) is 45.2 Å². The van der Waals surface area contributed by atoms with Gasteiger partial charge in [-0.15, -0.1) is 11.3 Å². The van der Waals surface area contributed by atoms with Crippen molar-refractivity contribution in [2.45, 2.75) is 31.5 Å². The van der Waals surface area contributed by atoms with Gasteiger partial charge < -0.3 is 16.4 Å².